The molecule has 2 aliphatic carbocycles. The van der Waals surface area contributed by atoms with Gasteiger partial charge in [-0.2, -0.15) is 18.3 Å². The lowest BCUT2D eigenvalue weighted by Gasteiger charge is -2.34. The van der Waals surface area contributed by atoms with Crippen molar-refractivity contribution in [2.45, 2.75) is 88.8 Å². The van der Waals surface area contributed by atoms with Crippen LogP contribution in [0, 0.1) is 11.8 Å². The molecule has 2 amide bonds. The Bertz CT molecular complexity index is 1460. The molecule has 0 aliphatic heterocycles. The Balaban J connectivity index is 1.50. The quantitative estimate of drug-likeness (QED) is 0.272. The van der Waals surface area contributed by atoms with Gasteiger partial charge < -0.3 is 11.1 Å². The highest BCUT2D eigenvalue weighted by molar-refractivity contribution is 5.94. The van der Waals surface area contributed by atoms with Crippen LogP contribution < -0.4 is 11.1 Å². The van der Waals surface area contributed by atoms with Crippen molar-refractivity contribution in [2.24, 2.45) is 17.6 Å². The van der Waals surface area contributed by atoms with Crippen LogP contribution in [0.5, 0.6) is 0 Å². The summed E-state index contributed by atoms with van der Waals surface area (Å²) < 4.78 is 67.7. The van der Waals surface area contributed by atoms with Crippen molar-refractivity contribution in [3.8, 4) is 0 Å². The van der Waals surface area contributed by atoms with E-state index in [1.165, 1.54) is 0 Å². The van der Waals surface area contributed by atoms with Gasteiger partial charge in [0.1, 0.15) is 0 Å². The molecule has 2 fully saturated rings. The third-order valence-electron chi connectivity index (χ3n) is 8.48. The molecule has 0 saturated heterocycles. The Kier molecular flexibility index (Phi) is 8.26. The number of alkyl halides is 5. The van der Waals surface area contributed by atoms with Crippen molar-refractivity contribution in [3.63, 3.8) is 0 Å². The first kappa shape index (κ1) is 29.9. The zero-order valence-corrected chi connectivity index (χ0v) is 23.3. The first-order valence-corrected chi connectivity index (χ1v) is 14.4. The number of nitrogens with two attached hydrogens (primary N) is 1. The summed E-state index contributed by atoms with van der Waals surface area (Å²) in [4.78, 5) is 29.4. The fourth-order valence-electron chi connectivity index (χ4n) is 6.21. The number of primary amides is 1. The minimum absolute atomic E-state index is 0.0961. The maximum Gasteiger partial charge on any atom is 0.389 e. The van der Waals surface area contributed by atoms with Crippen LogP contribution in [0.4, 0.5) is 22.0 Å². The fourth-order valence-corrected chi connectivity index (χ4v) is 6.21. The number of halogens is 5. The molecule has 3 N–H and O–H groups in total. The molecule has 0 radical (unpaired) electrons. The lowest BCUT2D eigenvalue weighted by molar-refractivity contribution is -0.144. The summed E-state index contributed by atoms with van der Waals surface area (Å²) in [5.74, 6) is -4.41. The Morgan fingerprint density at radius 2 is 1.86 bits per heavy atom. The summed E-state index contributed by atoms with van der Waals surface area (Å²) in [6.45, 7) is 1.91. The number of hydrogen-bond donors (Lipinski definition) is 2. The largest absolute Gasteiger partial charge is 0.389 e. The number of nitrogens with zero attached hydrogens (tertiary/aromatic N) is 3. The summed E-state index contributed by atoms with van der Waals surface area (Å²) in [5, 5.41) is 7.24. The highest BCUT2D eigenvalue weighted by atomic mass is 19.4. The molecule has 12 heteroatoms. The summed E-state index contributed by atoms with van der Waals surface area (Å²) in [7, 11) is 0. The molecule has 1 aromatic carbocycles. The first-order valence-electron chi connectivity index (χ1n) is 14.4. The molecule has 5 rings (SSSR count). The molecule has 0 spiro atoms. The van der Waals surface area contributed by atoms with Gasteiger partial charge in [0.25, 0.3) is 0 Å². The van der Waals surface area contributed by atoms with Gasteiger partial charge in [0.05, 0.1) is 30.6 Å². The minimum Gasteiger partial charge on any atom is -0.366 e. The van der Waals surface area contributed by atoms with E-state index in [-0.39, 0.29) is 43.4 Å². The molecule has 3 aromatic rings. The Morgan fingerprint density at radius 3 is 2.48 bits per heavy atom. The third kappa shape index (κ3) is 6.73. The molecule has 226 valence electrons. The van der Waals surface area contributed by atoms with Gasteiger partial charge in [0.2, 0.25) is 17.7 Å². The number of benzene rings is 1. The second-order valence-corrected chi connectivity index (χ2v) is 11.5. The molecular weight excluding hydrogens is 557 g/mol. The zero-order chi connectivity index (χ0) is 30.2. The SMILES string of the molecule is CCc1c(C(N)=O)cccc1[C@@H](c1cn2ncc([C@H](NC(=O)CCC(F)(F)F)C3CC3)cc2n1)C1CCC(F)(F)CC1. The fraction of sp³-hybridized carbons (Fsp3) is 0.533. The van der Waals surface area contributed by atoms with Crippen LogP contribution in [0.15, 0.2) is 36.7 Å². The number of nitrogens with one attached hydrogen (secondary N) is 1. The number of aromatic nitrogens is 3. The topological polar surface area (TPSA) is 102 Å². The molecule has 0 unspecified atom stereocenters. The van der Waals surface area contributed by atoms with Crippen LogP contribution in [-0.2, 0) is 11.2 Å². The second kappa shape index (κ2) is 11.6. The Labute approximate surface area is 240 Å². The van der Waals surface area contributed by atoms with Gasteiger partial charge in [0, 0.05) is 30.7 Å². The number of hydrogen-bond acceptors (Lipinski definition) is 4. The van der Waals surface area contributed by atoms with Crippen molar-refractivity contribution < 1.29 is 31.5 Å². The highest BCUT2D eigenvalue weighted by Gasteiger charge is 2.40. The van der Waals surface area contributed by atoms with Gasteiger partial charge in [-0.1, -0.05) is 19.1 Å². The number of rotatable bonds is 10. The average Bonchev–Trinajstić information content (AvgIpc) is 3.69. The molecule has 2 aromatic heterocycles. The maximum absolute atomic E-state index is 14.1. The van der Waals surface area contributed by atoms with E-state index in [2.05, 4.69) is 10.4 Å². The van der Waals surface area contributed by atoms with Crippen LogP contribution in [0.1, 0.15) is 103 Å². The number of amides is 2. The molecule has 0 bridgehead atoms. The van der Waals surface area contributed by atoms with Crippen molar-refractivity contribution in [1.29, 1.82) is 0 Å². The number of carbonyl (C=O) groups is 2. The molecule has 2 heterocycles. The van der Waals surface area contributed by atoms with Crippen molar-refractivity contribution in [2.75, 3.05) is 0 Å². The van der Waals surface area contributed by atoms with Gasteiger partial charge >= 0.3 is 6.18 Å². The molecule has 2 atom stereocenters. The van der Waals surface area contributed by atoms with E-state index in [1.807, 2.05) is 13.0 Å². The van der Waals surface area contributed by atoms with E-state index in [0.717, 1.165) is 24.0 Å². The average molecular weight is 592 g/mol. The minimum atomic E-state index is -4.42. The van der Waals surface area contributed by atoms with Gasteiger partial charge in [-0.25, -0.2) is 18.3 Å². The molecule has 2 saturated carbocycles. The summed E-state index contributed by atoms with van der Waals surface area (Å²) in [5.41, 5.74) is 9.35. The van der Waals surface area contributed by atoms with E-state index in [1.54, 1.807) is 35.1 Å². The van der Waals surface area contributed by atoms with Crippen LogP contribution >= 0.6 is 0 Å². The number of fused-ring (bicyclic) bond motifs is 1. The predicted octanol–water partition coefficient (Wildman–Crippen LogP) is 6.26. The molecule has 7 nitrogen and oxygen atoms in total. The standard InChI is InChI=1S/C30H34F5N5O2/c1-2-20-21(4-3-5-22(20)28(36)42)26(17-8-11-29(31,32)12-9-17)23-16-40-24(38-23)14-19(15-37-40)27(18-6-7-18)39-25(41)10-13-30(33,34)35/h3-5,14-18,26-27H,2,6-13H2,1H3,(H2,36,42)(H,39,41)/t26-,27+/m0/s1. The predicted molar refractivity (Wildman–Crippen MR) is 145 cm³/mol. The smallest absolute Gasteiger partial charge is 0.366 e. The van der Waals surface area contributed by atoms with E-state index in [0.29, 0.717) is 28.9 Å². The summed E-state index contributed by atoms with van der Waals surface area (Å²) in [6, 6.07) is 6.57. The zero-order valence-electron chi connectivity index (χ0n) is 23.3. The van der Waals surface area contributed by atoms with E-state index < -0.39 is 42.8 Å². The van der Waals surface area contributed by atoms with Crippen LogP contribution in [-0.4, -0.2) is 38.5 Å². The lowest BCUT2D eigenvalue weighted by atomic mass is 9.72. The third-order valence-corrected chi connectivity index (χ3v) is 8.48. The van der Waals surface area contributed by atoms with Gasteiger partial charge in [-0.05, 0) is 72.8 Å². The van der Waals surface area contributed by atoms with Gasteiger partial charge in [0.15, 0.2) is 5.65 Å². The monoisotopic (exact) mass is 591 g/mol. The molecule has 42 heavy (non-hydrogen) atoms. The lowest BCUT2D eigenvalue weighted by Crippen LogP contribution is -2.30. The normalized spacial score (nSPS) is 19.0. The summed E-state index contributed by atoms with van der Waals surface area (Å²) in [6.07, 6.45) is -0.670. The van der Waals surface area contributed by atoms with E-state index in [9.17, 15) is 31.5 Å². The first-order chi connectivity index (χ1) is 19.8. The van der Waals surface area contributed by atoms with Crippen molar-refractivity contribution in [1.82, 2.24) is 19.9 Å². The van der Waals surface area contributed by atoms with Crippen LogP contribution in [0.3, 0.4) is 0 Å². The summed E-state index contributed by atoms with van der Waals surface area (Å²) >= 11 is 0. The Hall–Kier alpha value is -3.57. The highest BCUT2D eigenvalue weighted by Crippen LogP contribution is 2.46. The van der Waals surface area contributed by atoms with Crippen LogP contribution in [0.2, 0.25) is 0 Å². The van der Waals surface area contributed by atoms with Crippen molar-refractivity contribution in [3.05, 3.63) is 64.6 Å². The van der Waals surface area contributed by atoms with Crippen molar-refractivity contribution >= 4 is 17.5 Å². The molecular formula is C30H34F5N5O2. The number of imidazole rings is 1. The van der Waals surface area contributed by atoms with Gasteiger partial charge in [-0.3, -0.25) is 9.59 Å². The maximum atomic E-state index is 14.1. The molecule has 2 aliphatic rings. The van der Waals surface area contributed by atoms with Crippen LogP contribution in [0.25, 0.3) is 5.65 Å². The van der Waals surface area contributed by atoms with Gasteiger partial charge in [-0.15, -0.1) is 0 Å². The van der Waals surface area contributed by atoms with E-state index >= 15 is 0 Å². The number of carbonyl (C=O) groups excluding carboxylic acids is 2. The van der Waals surface area contributed by atoms with E-state index in [4.69, 9.17) is 10.7 Å². The second-order valence-electron chi connectivity index (χ2n) is 11.5. The Morgan fingerprint density at radius 1 is 1.14 bits per heavy atom.